The van der Waals surface area contributed by atoms with E-state index in [4.69, 9.17) is 28.4 Å². The van der Waals surface area contributed by atoms with Gasteiger partial charge >= 0.3 is 0 Å². The van der Waals surface area contributed by atoms with Gasteiger partial charge in [-0.15, -0.1) is 0 Å². The molecule has 0 aliphatic carbocycles. The van der Waals surface area contributed by atoms with E-state index in [0.717, 1.165) is 101 Å². The summed E-state index contributed by atoms with van der Waals surface area (Å²) >= 11 is 0. The highest BCUT2D eigenvalue weighted by molar-refractivity contribution is 7.80. The first-order valence-corrected chi connectivity index (χ1v) is 22.1. The van der Waals surface area contributed by atoms with Crippen LogP contribution in [0, 0.1) is 55.4 Å². The quantitative estimate of drug-likeness (QED) is 0.108. The highest BCUT2D eigenvalue weighted by atomic mass is 31.1. The molecule has 0 atom stereocenters. The van der Waals surface area contributed by atoms with Gasteiger partial charge in [-0.25, -0.2) is 0 Å². The Morgan fingerprint density at radius 2 is 0.534 bits per heavy atom. The summed E-state index contributed by atoms with van der Waals surface area (Å²) in [7, 11) is 8.15. The van der Waals surface area contributed by atoms with E-state index in [1.165, 1.54) is 21.2 Å². The van der Waals surface area contributed by atoms with Crippen LogP contribution >= 0.6 is 15.8 Å². The molecule has 0 fully saturated rings. The fourth-order valence-corrected chi connectivity index (χ4v) is 14.3. The van der Waals surface area contributed by atoms with Gasteiger partial charge in [-0.2, -0.15) is 0 Å². The van der Waals surface area contributed by atoms with E-state index in [-0.39, 0.29) is 0 Å². The molecule has 8 heteroatoms. The summed E-state index contributed by atoms with van der Waals surface area (Å²) in [6.07, 6.45) is 0. The second-order valence-electron chi connectivity index (χ2n) is 14.8. The van der Waals surface area contributed by atoms with E-state index in [1.54, 1.807) is 42.7 Å². The molecule has 0 amide bonds. The van der Waals surface area contributed by atoms with E-state index < -0.39 is 15.8 Å². The molecule has 6 rings (SSSR count). The maximum Gasteiger partial charge on any atom is 0.127 e. The zero-order chi connectivity index (χ0) is 42.0. The van der Waals surface area contributed by atoms with Crippen LogP contribution in [0.1, 0.15) is 44.5 Å². The van der Waals surface area contributed by atoms with Gasteiger partial charge in [0.1, 0.15) is 34.5 Å². The third-order valence-corrected chi connectivity index (χ3v) is 15.6. The van der Waals surface area contributed by atoms with E-state index in [0.29, 0.717) is 0 Å². The van der Waals surface area contributed by atoms with Crippen molar-refractivity contribution in [3.8, 4) is 45.6 Å². The van der Waals surface area contributed by atoms with Crippen LogP contribution in [0.25, 0.3) is 11.1 Å². The molecular formula is C50H56O6P2. The van der Waals surface area contributed by atoms with Crippen molar-refractivity contribution in [2.24, 2.45) is 0 Å². The lowest BCUT2D eigenvalue weighted by atomic mass is 10.0. The Morgan fingerprint density at radius 3 is 0.724 bits per heavy atom. The van der Waals surface area contributed by atoms with E-state index in [9.17, 15) is 0 Å². The maximum absolute atomic E-state index is 6.40. The Morgan fingerprint density at radius 1 is 0.310 bits per heavy atom. The normalized spacial score (nSPS) is 11.2. The van der Waals surface area contributed by atoms with Crippen LogP contribution in [-0.2, 0) is 0 Å². The molecule has 0 unspecified atom stereocenters. The van der Waals surface area contributed by atoms with Gasteiger partial charge in [-0.1, -0.05) is 24.3 Å². The van der Waals surface area contributed by atoms with E-state index >= 15 is 0 Å². The predicted molar refractivity (Wildman–Crippen MR) is 246 cm³/mol. The van der Waals surface area contributed by atoms with E-state index in [1.807, 2.05) is 0 Å². The molecule has 6 nitrogen and oxygen atoms in total. The number of hydrogen-bond acceptors (Lipinski definition) is 6. The first kappa shape index (κ1) is 42.6. The van der Waals surface area contributed by atoms with Crippen LogP contribution in [0.4, 0.5) is 0 Å². The van der Waals surface area contributed by atoms with Gasteiger partial charge in [0.2, 0.25) is 0 Å². The molecule has 0 bridgehead atoms. The molecule has 0 saturated carbocycles. The summed E-state index contributed by atoms with van der Waals surface area (Å²) < 4.78 is 36.3. The number of aryl methyl sites for hydroxylation is 8. The molecule has 0 aliphatic rings. The summed E-state index contributed by atoms with van der Waals surface area (Å²) in [4.78, 5) is 0. The predicted octanol–water partition coefficient (Wildman–Crippen LogP) is 9.39. The van der Waals surface area contributed by atoms with Crippen molar-refractivity contribution in [3.63, 3.8) is 0 Å². The average Bonchev–Trinajstić information content (AvgIpc) is 3.17. The molecule has 0 aliphatic heterocycles. The molecule has 0 spiro atoms. The molecule has 6 aromatic rings. The Kier molecular flexibility index (Phi) is 13.1. The highest BCUT2D eigenvalue weighted by Crippen LogP contribution is 2.48. The lowest BCUT2D eigenvalue weighted by Crippen LogP contribution is -2.27. The summed E-state index contributed by atoms with van der Waals surface area (Å²) in [5.41, 5.74) is 10.8. The van der Waals surface area contributed by atoms with Gasteiger partial charge in [0.25, 0.3) is 0 Å². The number of benzene rings is 6. The van der Waals surface area contributed by atoms with Crippen LogP contribution in [0.15, 0.2) is 84.9 Å². The molecule has 0 N–H and O–H groups in total. The van der Waals surface area contributed by atoms with Crippen molar-refractivity contribution in [1.82, 2.24) is 0 Å². The van der Waals surface area contributed by atoms with Gasteiger partial charge < -0.3 is 28.4 Å². The molecule has 0 aromatic heterocycles. The zero-order valence-corrected chi connectivity index (χ0v) is 38.2. The van der Waals surface area contributed by atoms with Crippen molar-refractivity contribution < 1.29 is 28.4 Å². The fraction of sp³-hybridized carbons (Fsp3) is 0.280. The Balaban J connectivity index is 1.77. The summed E-state index contributed by atoms with van der Waals surface area (Å²) in [5, 5.41) is 7.17. The number of hydrogen-bond donors (Lipinski definition) is 0. The minimum absolute atomic E-state index is 0.777. The van der Waals surface area contributed by atoms with Crippen LogP contribution in [-0.4, -0.2) is 42.7 Å². The molecule has 0 radical (unpaired) electrons. The monoisotopic (exact) mass is 814 g/mol. The largest absolute Gasteiger partial charge is 0.496 e. The van der Waals surface area contributed by atoms with Crippen molar-refractivity contribution in [2.75, 3.05) is 42.7 Å². The maximum atomic E-state index is 6.40. The van der Waals surface area contributed by atoms with Crippen molar-refractivity contribution >= 4 is 47.7 Å². The summed E-state index contributed by atoms with van der Waals surface area (Å²) in [6, 6.07) is 31.2. The van der Waals surface area contributed by atoms with Gasteiger partial charge in [0.05, 0.1) is 42.7 Å². The third-order valence-electron chi connectivity index (χ3n) is 10.8. The Labute approximate surface area is 348 Å². The standard InChI is InChI=1S/C50H56O6P2/c1-29-21-37(22-30(2)47(29)53-11)57(38-23-31(3)48(54-12)32(4)24-38)43-19-15-17-41(51-9)45(43)46-42(52-10)18-16-20-44(46)58(39-25-33(5)49(55-13)34(6)26-39)40-27-35(7)50(56-14)36(8)28-40/h15-28H,1-14H3. The summed E-state index contributed by atoms with van der Waals surface area (Å²) in [5.74, 6) is 5.16. The van der Waals surface area contributed by atoms with E-state index in [2.05, 4.69) is 140 Å². The molecular weight excluding hydrogens is 758 g/mol. The van der Waals surface area contributed by atoms with Crippen LogP contribution < -0.4 is 60.2 Å². The molecule has 58 heavy (non-hydrogen) atoms. The van der Waals surface area contributed by atoms with Crippen LogP contribution in [0.3, 0.4) is 0 Å². The minimum atomic E-state index is -1.18. The van der Waals surface area contributed by atoms with Crippen molar-refractivity contribution in [3.05, 3.63) is 129 Å². The topological polar surface area (TPSA) is 55.4 Å². The average molecular weight is 815 g/mol. The molecule has 0 saturated heterocycles. The lowest BCUT2D eigenvalue weighted by molar-refractivity contribution is 0.408. The zero-order valence-electron chi connectivity index (χ0n) is 36.4. The van der Waals surface area contributed by atoms with Gasteiger partial charge in [0, 0.05) is 11.1 Å². The SMILES string of the molecule is COc1cccc(P(c2cc(C)c(OC)c(C)c2)c2cc(C)c(OC)c(C)c2)c1-c1c(OC)cccc1P(c1cc(C)c(OC)c(C)c1)c1cc(C)c(OC)c(C)c1. The number of rotatable bonds is 13. The second kappa shape index (κ2) is 17.9. The van der Waals surface area contributed by atoms with Gasteiger partial charge in [-0.05, 0) is 208 Å². The fourth-order valence-electron chi connectivity index (χ4n) is 8.62. The van der Waals surface area contributed by atoms with Gasteiger partial charge in [0.15, 0.2) is 0 Å². The third kappa shape index (κ3) is 7.90. The first-order valence-electron chi connectivity index (χ1n) is 19.4. The van der Waals surface area contributed by atoms with Crippen LogP contribution in [0.2, 0.25) is 0 Å². The number of ether oxygens (including phenoxy) is 6. The molecule has 0 heterocycles. The minimum Gasteiger partial charge on any atom is -0.496 e. The molecule has 302 valence electrons. The molecule has 6 aromatic carbocycles. The number of methoxy groups -OCH3 is 6. The Bertz CT molecular complexity index is 2100. The summed E-state index contributed by atoms with van der Waals surface area (Å²) in [6.45, 7) is 17.0. The lowest BCUT2D eigenvalue weighted by Gasteiger charge is -2.30. The van der Waals surface area contributed by atoms with Crippen LogP contribution in [0.5, 0.6) is 34.5 Å². The Hall–Kier alpha value is -5.02. The second-order valence-corrected chi connectivity index (χ2v) is 19.2. The van der Waals surface area contributed by atoms with Crippen molar-refractivity contribution in [2.45, 2.75) is 55.4 Å². The first-order chi connectivity index (χ1) is 27.8. The smallest absolute Gasteiger partial charge is 0.127 e. The highest BCUT2D eigenvalue weighted by Gasteiger charge is 2.31. The van der Waals surface area contributed by atoms with Crippen molar-refractivity contribution in [1.29, 1.82) is 0 Å². The van der Waals surface area contributed by atoms with Gasteiger partial charge in [-0.3, -0.25) is 0 Å².